The van der Waals surface area contributed by atoms with Gasteiger partial charge in [-0.3, -0.25) is 4.79 Å². The van der Waals surface area contributed by atoms with Gasteiger partial charge in [-0.25, -0.2) is 8.42 Å². The van der Waals surface area contributed by atoms with E-state index in [9.17, 15) is 13.2 Å². The molecule has 0 unspecified atom stereocenters. The van der Waals surface area contributed by atoms with Gasteiger partial charge in [0.15, 0.2) is 0 Å². The first-order chi connectivity index (χ1) is 11.9. The molecule has 2 aromatic carbocycles. The Kier molecular flexibility index (Phi) is 4.92. The van der Waals surface area contributed by atoms with Gasteiger partial charge in [0.2, 0.25) is 10.0 Å². The molecule has 0 spiro atoms. The van der Waals surface area contributed by atoms with Gasteiger partial charge >= 0.3 is 0 Å². The average Bonchev–Trinajstić information content (AvgIpc) is 2.62. The zero-order chi connectivity index (χ0) is 18.0. The predicted molar refractivity (Wildman–Crippen MR) is 98.7 cm³/mol. The van der Waals surface area contributed by atoms with Gasteiger partial charge in [0.05, 0.1) is 4.90 Å². The first-order valence-electron chi connectivity index (χ1n) is 8.30. The number of benzene rings is 2. The van der Waals surface area contributed by atoms with Crippen LogP contribution in [0.3, 0.4) is 0 Å². The second-order valence-corrected chi connectivity index (χ2v) is 8.26. The highest BCUT2D eigenvalue weighted by Crippen LogP contribution is 2.28. The molecule has 0 atom stereocenters. The molecule has 1 aliphatic heterocycles. The van der Waals surface area contributed by atoms with Crippen molar-refractivity contribution in [1.29, 1.82) is 0 Å². The van der Waals surface area contributed by atoms with Crippen LogP contribution in [0.2, 0.25) is 0 Å². The zero-order valence-electron chi connectivity index (χ0n) is 14.5. The molecular formula is C19H22N2O3S. The van der Waals surface area contributed by atoms with Crippen molar-refractivity contribution in [3.63, 3.8) is 0 Å². The summed E-state index contributed by atoms with van der Waals surface area (Å²) >= 11 is 0. The minimum absolute atomic E-state index is 0.339. The van der Waals surface area contributed by atoms with Crippen LogP contribution in [0.4, 0.5) is 5.69 Å². The van der Waals surface area contributed by atoms with E-state index in [1.165, 1.54) is 0 Å². The average molecular weight is 358 g/mol. The van der Waals surface area contributed by atoms with Crippen molar-refractivity contribution in [3.8, 4) is 0 Å². The van der Waals surface area contributed by atoms with Crippen LogP contribution < -0.4 is 4.90 Å². The Morgan fingerprint density at radius 2 is 1.48 bits per heavy atom. The van der Waals surface area contributed by atoms with Crippen molar-refractivity contribution in [3.05, 3.63) is 59.2 Å². The lowest BCUT2D eigenvalue weighted by molar-refractivity contribution is 0.112. The fraction of sp³-hybridized carbons (Fsp3) is 0.316. The topological polar surface area (TPSA) is 57.7 Å². The maximum atomic E-state index is 12.7. The van der Waals surface area contributed by atoms with Gasteiger partial charge in [-0.1, -0.05) is 18.2 Å². The highest BCUT2D eigenvalue weighted by molar-refractivity contribution is 7.89. The Morgan fingerprint density at radius 1 is 0.920 bits per heavy atom. The second kappa shape index (κ2) is 6.98. The molecule has 1 saturated heterocycles. The molecule has 1 heterocycles. The summed E-state index contributed by atoms with van der Waals surface area (Å²) in [6.45, 7) is 6.14. The molecule has 5 nitrogen and oxygen atoms in total. The molecule has 0 saturated carbocycles. The number of aryl methyl sites for hydroxylation is 2. The molecule has 1 fully saturated rings. The third-order valence-electron chi connectivity index (χ3n) is 4.59. The quantitative estimate of drug-likeness (QED) is 0.789. The molecule has 132 valence electrons. The second-order valence-electron chi connectivity index (χ2n) is 6.33. The fourth-order valence-corrected chi connectivity index (χ4v) is 4.89. The van der Waals surface area contributed by atoms with E-state index in [2.05, 4.69) is 4.90 Å². The summed E-state index contributed by atoms with van der Waals surface area (Å²) in [5, 5.41) is 0. The van der Waals surface area contributed by atoms with Crippen LogP contribution in [0.1, 0.15) is 21.5 Å². The fourth-order valence-electron chi connectivity index (χ4n) is 3.45. The van der Waals surface area contributed by atoms with Crippen molar-refractivity contribution in [2.45, 2.75) is 18.7 Å². The molecular weight excluding hydrogens is 336 g/mol. The Morgan fingerprint density at radius 3 is 2.00 bits per heavy atom. The first kappa shape index (κ1) is 17.6. The summed E-state index contributed by atoms with van der Waals surface area (Å²) in [5.41, 5.74) is 3.86. The summed E-state index contributed by atoms with van der Waals surface area (Å²) in [6.07, 6.45) is 0.855. The summed E-state index contributed by atoms with van der Waals surface area (Å²) in [5.74, 6) is 0. The van der Waals surface area contributed by atoms with Crippen LogP contribution in [0.25, 0.3) is 0 Å². The van der Waals surface area contributed by atoms with Crippen LogP contribution in [-0.4, -0.2) is 45.2 Å². The molecule has 3 rings (SSSR count). The Hall–Kier alpha value is -2.18. The van der Waals surface area contributed by atoms with Crippen LogP contribution in [0.5, 0.6) is 0 Å². The number of nitrogens with zero attached hydrogens (tertiary/aromatic N) is 2. The lowest BCUT2D eigenvalue weighted by Crippen LogP contribution is -2.49. The number of sulfonamides is 1. The standard InChI is InChI=1S/C19H22N2O3S/c1-15-12-17(14-22)13-16(2)19(15)20-8-10-21(11-9-20)25(23,24)18-6-4-3-5-7-18/h3-7,12-14H,8-11H2,1-2H3. The third-order valence-corrected chi connectivity index (χ3v) is 6.50. The van der Waals surface area contributed by atoms with Crippen molar-refractivity contribution < 1.29 is 13.2 Å². The van der Waals surface area contributed by atoms with Gasteiger partial charge in [-0.2, -0.15) is 4.31 Å². The van der Waals surface area contributed by atoms with Crippen LogP contribution in [0, 0.1) is 13.8 Å². The molecule has 0 aliphatic carbocycles. The summed E-state index contributed by atoms with van der Waals surface area (Å²) in [4.78, 5) is 13.5. The maximum Gasteiger partial charge on any atom is 0.243 e. The molecule has 2 aromatic rings. The number of carbonyl (C=O) groups excluding carboxylic acids is 1. The van der Waals surface area contributed by atoms with Gasteiger partial charge in [0, 0.05) is 37.4 Å². The minimum atomic E-state index is -3.44. The number of piperazine rings is 1. The lowest BCUT2D eigenvalue weighted by atomic mass is 10.0. The molecule has 0 amide bonds. The number of rotatable bonds is 4. The zero-order valence-corrected chi connectivity index (χ0v) is 15.3. The first-order valence-corrected chi connectivity index (χ1v) is 9.74. The molecule has 0 radical (unpaired) electrons. The number of anilines is 1. The number of hydrogen-bond donors (Lipinski definition) is 0. The maximum absolute atomic E-state index is 12.7. The number of hydrogen-bond acceptors (Lipinski definition) is 4. The SMILES string of the molecule is Cc1cc(C=O)cc(C)c1N1CCN(S(=O)(=O)c2ccccc2)CC1. The highest BCUT2D eigenvalue weighted by atomic mass is 32.2. The van der Waals surface area contributed by atoms with E-state index in [-0.39, 0.29) is 0 Å². The van der Waals surface area contributed by atoms with E-state index in [1.54, 1.807) is 28.6 Å². The monoisotopic (exact) mass is 358 g/mol. The van der Waals surface area contributed by atoms with Crippen LogP contribution in [0.15, 0.2) is 47.4 Å². The minimum Gasteiger partial charge on any atom is -0.368 e. The third kappa shape index (κ3) is 3.45. The number of aldehydes is 1. The van der Waals surface area contributed by atoms with Crippen molar-refractivity contribution in [2.24, 2.45) is 0 Å². The molecule has 1 aliphatic rings. The Bertz CT molecular complexity index is 848. The van der Waals surface area contributed by atoms with E-state index in [4.69, 9.17) is 0 Å². The van der Waals surface area contributed by atoms with E-state index < -0.39 is 10.0 Å². The largest absolute Gasteiger partial charge is 0.368 e. The normalized spacial score (nSPS) is 16.0. The van der Waals surface area contributed by atoms with Crippen molar-refractivity contribution in [1.82, 2.24) is 4.31 Å². The van der Waals surface area contributed by atoms with Crippen LogP contribution in [-0.2, 0) is 10.0 Å². The Balaban J connectivity index is 1.78. The van der Waals surface area contributed by atoms with Crippen molar-refractivity contribution in [2.75, 3.05) is 31.1 Å². The highest BCUT2D eigenvalue weighted by Gasteiger charge is 2.29. The lowest BCUT2D eigenvalue weighted by Gasteiger charge is -2.37. The van der Waals surface area contributed by atoms with Gasteiger partial charge in [-0.15, -0.1) is 0 Å². The smallest absolute Gasteiger partial charge is 0.243 e. The van der Waals surface area contributed by atoms with Gasteiger partial charge in [0.25, 0.3) is 0 Å². The number of carbonyl (C=O) groups is 1. The molecule has 0 aromatic heterocycles. The molecule has 0 N–H and O–H groups in total. The summed E-state index contributed by atoms with van der Waals surface area (Å²) < 4.78 is 27.0. The molecule has 25 heavy (non-hydrogen) atoms. The molecule has 6 heteroatoms. The predicted octanol–water partition coefficient (Wildman–Crippen LogP) is 2.63. The van der Waals surface area contributed by atoms with Gasteiger partial charge in [-0.05, 0) is 49.2 Å². The van der Waals surface area contributed by atoms with E-state index in [0.29, 0.717) is 36.6 Å². The summed E-state index contributed by atoms with van der Waals surface area (Å²) in [7, 11) is -3.44. The molecule has 0 bridgehead atoms. The van der Waals surface area contributed by atoms with Gasteiger partial charge < -0.3 is 4.90 Å². The Labute approximate surface area is 148 Å². The summed E-state index contributed by atoms with van der Waals surface area (Å²) in [6, 6.07) is 12.3. The van der Waals surface area contributed by atoms with E-state index >= 15 is 0 Å². The van der Waals surface area contributed by atoms with E-state index in [0.717, 1.165) is 23.1 Å². The van der Waals surface area contributed by atoms with Crippen molar-refractivity contribution >= 4 is 22.0 Å². The van der Waals surface area contributed by atoms with Gasteiger partial charge in [0.1, 0.15) is 6.29 Å². The van der Waals surface area contributed by atoms with E-state index in [1.807, 2.05) is 32.0 Å². The van der Waals surface area contributed by atoms with Crippen LogP contribution >= 0.6 is 0 Å².